The average molecular weight is 268 g/mol. The number of carboxylic acids is 1. The lowest BCUT2D eigenvalue weighted by Gasteiger charge is -2.32. The van der Waals surface area contributed by atoms with Crippen LogP contribution in [0.1, 0.15) is 19.3 Å². The summed E-state index contributed by atoms with van der Waals surface area (Å²) in [5, 5.41) is 11.4. The van der Waals surface area contributed by atoms with Crippen LogP contribution in [0.4, 0.5) is 0 Å². The number of carboxylic acid groups (broad SMARTS) is 1. The van der Waals surface area contributed by atoms with Gasteiger partial charge in [-0.2, -0.15) is 0 Å². The Balaban J connectivity index is 2.16. The van der Waals surface area contributed by atoms with Gasteiger partial charge < -0.3 is 14.7 Å². The van der Waals surface area contributed by atoms with Crippen molar-refractivity contribution in [3.05, 3.63) is 0 Å². The van der Waals surface area contributed by atoms with Crippen LogP contribution >= 0.6 is 0 Å². The molecule has 0 unspecified atom stereocenters. The fraction of sp³-hybridized carbons (Fsp3) is 0.692. The summed E-state index contributed by atoms with van der Waals surface area (Å²) in [5.74, 6) is 1.60. The van der Waals surface area contributed by atoms with Crippen LogP contribution < -0.4 is 5.32 Å². The fourth-order valence-electron chi connectivity index (χ4n) is 1.94. The summed E-state index contributed by atoms with van der Waals surface area (Å²) < 4.78 is 5.46. The molecule has 1 fully saturated rings. The summed E-state index contributed by atoms with van der Waals surface area (Å²) in [6, 6.07) is 0. The number of terminal acetylenes is 1. The average Bonchev–Trinajstić information content (AvgIpc) is 2.39. The maximum atomic E-state index is 11.8. The Hall–Kier alpha value is -1.58. The molecule has 1 saturated heterocycles. The molecule has 0 spiro atoms. The van der Waals surface area contributed by atoms with Gasteiger partial charge in [-0.05, 0) is 12.8 Å². The number of ether oxygens (including phenoxy) is 1. The van der Waals surface area contributed by atoms with Gasteiger partial charge in [0.25, 0.3) is 0 Å². The highest BCUT2D eigenvalue weighted by Crippen LogP contribution is 2.13. The quantitative estimate of drug-likeness (QED) is 0.489. The Morgan fingerprint density at radius 1 is 1.42 bits per heavy atom. The SMILES string of the molecule is C#CCNCC(=O)N1CCC(OCCC(=O)O)CC1. The first-order valence-electron chi connectivity index (χ1n) is 6.39. The van der Waals surface area contributed by atoms with Crippen LogP contribution in [0, 0.1) is 12.3 Å². The minimum Gasteiger partial charge on any atom is -0.481 e. The molecular formula is C13H20N2O4. The molecule has 1 aliphatic heterocycles. The third kappa shape index (κ3) is 6.22. The third-order valence-electron chi connectivity index (χ3n) is 2.97. The van der Waals surface area contributed by atoms with Gasteiger partial charge in [0.05, 0.1) is 32.2 Å². The number of likely N-dealkylation sites (tertiary alicyclic amines) is 1. The molecule has 0 aromatic carbocycles. The lowest BCUT2D eigenvalue weighted by atomic mass is 10.1. The van der Waals surface area contributed by atoms with E-state index >= 15 is 0 Å². The highest BCUT2D eigenvalue weighted by molar-refractivity contribution is 5.78. The van der Waals surface area contributed by atoms with Gasteiger partial charge in [0.15, 0.2) is 0 Å². The second kappa shape index (κ2) is 8.51. The van der Waals surface area contributed by atoms with Crippen LogP contribution in [0.5, 0.6) is 0 Å². The maximum Gasteiger partial charge on any atom is 0.305 e. The monoisotopic (exact) mass is 268 g/mol. The van der Waals surface area contributed by atoms with Gasteiger partial charge in [-0.15, -0.1) is 6.42 Å². The van der Waals surface area contributed by atoms with Gasteiger partial charge in [-0.3, -0.25) is 14.9 Å². The van der Waals surface area contributed by atoms with E-state index in [0.717, 1.165) is 12.8 Å². The van der Waals surface area contributed by atoms with Gasteiger partial charge >= 0.3 is 5.97 Å². The first kappa shape index (κ1) is 15.5. The lowest BCUT2D eigenvalue weighted by Crippen LogP contribution is -2.44. The van der Waals surface area contributed by atoms with Crippen molar-refractivity contribution in [2.45, 2.75) is 25.4 Å². The van der Waals surface area contributed by atoms with Crippen molar-refractivity contribution < 1.29 is 19.4 Å². The molecule has 1 rings (SSSR count). The number of amides is 1. The molecular weight excluding hydrogens is 248 g/mol. The van der Waals surface area contributed by atoms with Gasteiger partial charge in [-0.25, -0.2) is 0 Å². The number of nitrogens with one attached hydrogen (secondary N) is 1. The Kier molecular flexibility index (Phi) is 6.93. The predicted octanol–water partition coefficient (Wildman–Crippen LogP) is -0.308. The van der Waals surface area contributed by atoms with E-state index in [4.69, 9.17) is 16.3 Å². The number of nitrogens with zero attached hydrogens (tertiary/aromatic N) is 1. The fourth-order valence-corrected chi connectivity index (χ4v) is 1.94. The predicted molar refractivity (Wildman–Crippen MR) is 69.5 cm³/mol. The molecule has 0 bridgehead atoms. The Bertz CT molecular complexity index is 343. The lowest BCUT2D eigenvalue weighted by molar-refractivity contribution is -0.139. The molecule has 0 atom stereocenters. The topological polar surface area (TPSA) is 78.9 Å². The largest absolute Gasteiger partial charge is 0.481 e. The van der Waals surface area contributed by atoms with Gasteiger partial charge in [0.1, 0.15) is 0 Å². The van der Waals surface area contributed by atoms with Crippen LogP contribution in [0.25, 0.3) is 0 Å². The summed E-state index contributed by atoms with van der Waals surface area (Å²) in [6.45, 7) is 2.18. The number of carbonyl (C=O) groups is 2. The van der Waals surface area contributed by atoms with Crippen molar-refractivity contribution in [2.24, 2.45) is 0 Å². The van der Waals surface area contributed by atoms with E-state index in [1.54, 1.807) is 4.90 Å². The normalized spacial score (nSPS) is 16.1. The first-order valence-corrected chi connectivity index (χ1v) is 6.39. The molecule has 19 heavy (non-hydrogen) atoms. The van der Waals surface area contributed by atoms with E-state index in [1.165, 1.54) is 0 Å². The Morgan fingerprint density at radius 2 is 2.11 bits per heavy atom. The number of carbonyl (C=O) groups excluding carboxylic acids is 1. The Morgan fingerprint density at radius 3 is 2.68 bits per heavy atom. The molecule has 1 amide bonds. The smallest absolute Gasteiger partial charge is 0.305 e. The van der Waals surface area contributed by atoms with Crippen LogP contribution in [0.3, 0.4) is 0 Å². The van der Waals surface area contributed by atoms with Crippen molar-refractivity contribution in [3.8, 4) is 12.3 Å². The van der Waals surface area contributed by atoms with E-state index in [2.05, 4.69) is 11.2 Å². The van der Waals surface area contributed by atoms with Crippen molar-refractivity contribution in [2.75, 3.05) is 32.8 Å². The van der Waals surface area contributed by atoms with E-state index in [0.29, 0.717) is 19.6 Å². The first-order chi connectivity index (χ1) is 9.13. The molecule has 0 radical (unpaired) electrons. The van der Waals surface area contributed by atoms with Crippen molar-refractivity contribution >= 4 is 11.9 Å². The molecule has 6 heteroatoms. The number of hydrogen-bond donors (Lipinski definition) is 2. The zero-order chi connectivity index (χ0) is 14.1. The van der Waals surface area contributed by atoms with Crippen molar-refractivity contribution in [3.63, 3.8) is 0 Å². The van der Waals surface area contributed by atoms with Gasteiger partial charge in [0, 0.05) is 13.1 Å². The molecule has 6 nitrogen and oxygen atoms in total. The third-order valence-corrected chi connectivity index (χ3v) is 2.97. The van der Waals surface area contributed by atoms with Crippen LogP contribution in [-0.2, 0) is 14.3 Å². The minimum atomic E-state index is -0.854. The zero-order valence-corrected chi connectivity index (χ0v) is 10.9. The molecule has 0 aromatic heterocycles. The summed E-state index contributed by atoms with van der Waals surface area (Å²) in [6.07, 6.45) is 6.66. The molecule has 0 saturated carbocycles. The minimum absolute atomic E-state index is 0.0230. The van der Waals surface area contributed by atoms with Crippen LogP contribution in [-0.4, -0.2) is 60.8 Å². The molecule has 2 N–H and O–H groups in total. The van der Waals surface area contributed by atoms with Crippen molar-refractivity contribution in [1.29, 1.82) is 0 Å². The molecule has 1 aliphatic rings. The van der Waals surface area contributed by atoms with E-state index in [9.17, 15) is 9.59 Å². The van der Waals surface area contributed by atoms with Crippen LogP contribution in [0.15, 0.2) is 0 Å². The number of aliphatic carboxylic acids is 1. The second-order valence-corrected chi connectivity index (χ2v) is 4.40. The summed E-state index contributed by atoms with van der Waals surface area (Å²) >= 11 is 0. The van der Waals surface area contributed by atoms with Gasteiger partial charge in [-0.1, -0.05) is 5.92 Å². The summed E-state index contributed by atoms with van der Waals surface area (Å²) in [5.41, 5.74) is 0. The van der Waals surface area contributed by atoms with E-state index in [1.807, 2.05) is 0 Å². The second-order valence-electron chi connectivity index (χ2n) is 4.40. The Labute approximate surface area is 113 Å². The molecule has 0 aromatic rings. The van der Waals surface area contributed by atoms with E-state index in [-0.39, 0.29) is 31.6 Å². The molecule has 0 aliphatic carbocycles. The number of piperidine rings is 1. The zero-order valence-electron chi connectivity index (χ0n) is 10.9. The number of hydrogen-bond acceptors (Lipinski definition) is 4. The van der Waals surface area contributed by atoms with Gasteiger partial charge in [0.2, 0.25) is 5.91 Å². The van der Waals surface area contributed by atoms with Crippen LogP contribution in [0.2, 0.25) is 0 Å². The van der Waals surface area contributed by atoms with Crippen molar-refractivity contribution in [1.82, 2.24) is 10.2 Å². The standard InChI is InChI=1S/C13H20N2O4/c1-2-6-14-10-12(16)15-7-3-11(4-8-15)19-9-5-13(17)18/h1,11,14H,3-10H2,(H,17,18). The highest BCUT2D eigenvalue weighted by atomic mass is 16.5. The number of rotatable bonds is 7. The molecule has 1 heterocycles. The summed E-state index contributed by atoms with van der Waals surface area (Å²) in [7, 11) is 0. The highest BCUT2D eigenvalue weighted by Gasteiger charge is 2.22. The molecule has 106 valence electrons. The van der Waals surface area contributed by atoms with E-state index < -0.39 is 5.97 Å². The maximum absolute atomic E-state index is 11.8. The summed E-state index contributed by atoms with van der Waals surface area (Å²) in [4.78, 5) is 23.9.